The molecule has 0 nitrogen and oxygen atoms in total. The number of hydrogen-bond acceptors (Lipinski definition) is 0. The van der Waals surface area contributed by atoms with Gasteiger partial charge in [-0.05, 0) is 47.6 Å². The standard InChI is InChI=1S/C26H40/c1-3-5-7-9-11-13-17-23-21-22-24-18-15-16-20-26(24)25(23)19-14-12-10-8-6-4-2/h15-16,18,20-22H,3-14,17,19H2,1-2H3. The summed E-state index contributed by atoms with van der Waals surface area (Å²) in [5, 5.41) is 2.92. The summed E-state index contributed by atoms with van der Waals surface area (Å²) in [4.78, 5) is 0. The van der Waals surface area contributed by atoms with Crippen molar-refractivity contribution in [3.05, 3.63) is 47.5 Å². The first kappa shape index (κ1) is 21.0. The highest BCUT2D eigenvalue weighted by Gasteiger charge is 2.07. The summed E-state index contributed by atoms with van der Waals surface area (Å²) in [6.45, 7) is 4.59. The van der Waals surface area contributed by atoms with E-state index in [1.165, 1.54) is 101 Å². The van der Waals surface area contributed by atoms with Crippen LogP contribution in [0.3, 0.4) is 0 Å². The molecule has 0 aliphatic carbocycles. The lowest BCUT2D eigenvalue weighted by atomic mass is 9.91. The van der Waals surface area contributed by atoms with Crippen LogP contribution in [0.15, 0.2) is 36.4 Å². The molecule has 2 aromatic rings. The van der Waals surface area contributed by atoms with Gasteiger partial charge in [0, 0.05) is 0 Å². The van der Waals surface area contributed by atoms with Crippen LogP contribution in [0.25, 0.3) is 10.8 Å². The number of unbranched alkanes of at least 4 members (excludes halogenated alkanes) is 10. The van der Waals surface area contributed by atoms with Crippen molar-refractivity contribution in [2.45, 2.75) is 104 Å². The van der Waals surface area contributed by atoms with E-state index in [4.69, 9.17) is 0 Å². The Morgan fingerprint density at radius 3 is 1.81 bits per heavy atom. The Morgan fingerprint density at radius 1 is 0.538 bits per heavy atom. The number of hydrogen-bond donors (Lipinski definition) is 0. The second-order valence-electron chi connectivity index (χ2n) is 7.96. The number of rotatable bonds is 14. The van der Waals surface area contributed by atoms with E-state index in [1.54, 1.807) is 11.1 Å². The SMILES string of the molecule is CCCCCCCCc1ccc2ccccc2c1CCCCCCCC. The van der Waals surface area contributed by atoms with Gasteiger partial charge in [-0.1, -0.05) is 114 Å². The summed E-state index contributed by atoms with van der Waals surface area (Å²) in [5.41, 5.74) is 3.26. The third-order valence-corrected chi connectivity index (χ3v) is 5.72. The zero-order chi connectivity index (χ0) is 18.5. The first-order chi connectivity index (χ1) is 12.9. The molecule has 0 bridgehead atoms. The number of aryl methyl sites for hydroxylation is 2. The van der Waals surface area contributed by atoms with E-state index < -0.39 is 0 Å². The number of benzene rings is 2. The highest BCUT2D eigenvalue weighted by molar-refractivity contribution is 5.86. The van der Waals surface area contributed by atoms with E-state index in [0.29, 0.717) is 0 Å². The first-order valence-corrected chi connectivity index (χ1v) is 11.4. The Labute approximate surface area is 162 Å². The Hall–Kier alpha value is -1.30. The van der Waals surface area contributed by atoms with Crippen molar-refractivity contribution in [1.29, 1.82) is 0 Å². The smallest absolute Gasteiger partial charge is 0.0149 e. The molecule has 0 fully saturated rings. The maximum atomic E-state index is 2.42. The second-order valence-corrected chi connectivity index (χ2v) is 7.96. The molecule has 0 unspecified atom stereocenters. The van der Waals surface area contributed by atoms with E-state index in [2.05, 4.69) is 50.2 Å². The zero-order valence-electron chi connectivity index (χ0n) is 17.4. The lowest BCUT2D eigenvalue weighted by molar-refractivity contribution is 0.600. The first-order valence-electron chi connectivity index (χ1n) is 11.4. The van der Waals surface area contributed by atoms with Crippen LogP contribution in [0.5, 0.6) is 0 Å². The Balaban J connectivity index is 1.94. The van der Waals surface area contributed by atoms with Crippen molar-refractivity contribution < 1.29 is 0 Å². The molecule has 0 aliphatic heterocycles. The van der Waals surface area contributed by atoms with Gasteiger partial charge in [0.15, 0.2) is 0 Å². The second kappa shape index (κ2) is 13.0. The highest BCUT2D eigenvalue weighted by atomic mass is 14.1. The molecule has 0 aliphatic rings. The lowest BCUT2D eigenvalue weighted by Crippen LogP contribution is -1.97. The summed E-state index contributed by atoms with van der Waals surface area (Å²) in [7, 11) is 0. The van der Waals surface area contributed by atoms with Gasteiger partial charge in [0.25, 0.3) is 0 Å². The third kappa shape index (κ3) is 7.14. The molecule has 0 saturated carbocycles. The van der Waals surface area contributed by atoms with Crippen molar-refractivity contribution in [1.82, 2.24) is 0 Å². The molecular weight excluding hydrogens is 312 g/mol. The van der Waals surface area contributed by atoms with Crippen molar-refractivity contribution in [3.8, 4) is 0 Å². The summed E-state index contributed by atoms with van der Waals surface area (Å²) in [6.07, 6.45) is 19.1. The summed E-state index contributed by atoms with van der Waals surface area (Å²) in [6, 6.07) is 13.8. The van der Waals surface area contributed by atoms with Gasteiger partial charge in [-0.3, -0.25) is 0 Å². The molecule has 0 aromatic heterocycles. The predicted molar refractivity (Wildman–Crippen MR) is 118 cm³/mol. The van der Waals surface area contributed by atoms with Crippen molar-refractivity contribution in [3.63, 3.8) is 0 Å². The molecule has 0 N–H and O–H groups in total. The van der Waals surface area contributed by atoms with E-state index in [0.717, 1.165) is 0 Å². The molecular formula is C26H40. The zero-order valence-corrected chi connectivity index (χ0v) is 17.4. The van der Waals surface area contributed by atoms with Crippen molar-refractivity contribution in [2.75, 3.05) is 0 Å². The molecule has 144 valence electrons. The third-order valence-electron chi connectivity index (χ3n) is 5.72. The van der Waals surface area contributed by atoms with Gasteiger partial charge >= 0.3 is 0 Å². The summed E-state index contributed by atoms with van der Waals surface area (Å²) >= 11 is 0. The molecule has 2 rings (SSSR count). The van der Waals surface area contributed by atoms with Gasteiger partial charge < -0.3 is 0 Å². The minimum Gasteiger partial charge on any atom is -0.0654 e. The average molecular weight is 353 g/mol. The number of fused-ring (bicyclic) bond motifs is 1. The molecule has 0 saturated heterocycles. The van der Waals surface area contributed by atoms with Crippen LogP contribution >= 0.6 is 0 Å². The van der Waals surface area contributed by atoms with E-state index in [1.807, 2.05) is 0 Å². The summed E-state index contributed by atoms with van der Waals surface area (Å²) < 4.78 is 0. The van der Waals surface area contributed by atoms with E-state index in [9.17, 15) is 0 Å². The van der Waals surface area contributed by atoms with Crippen LogP contribution in [-0.2, 0) is 12.8 Å². The monoisotopic (exact) mass is 352 g/mol. The molecule has 0 heteroatoms. The Morgan fingerprint density at radius 2 is 1.12 bits per heavy atom. The fraction of sp³-hybridized carbons (Fsp3) is 0.615. The van der Waals surface area contributed by atoms with Gasteiger partial charge in [0.1, 0.15) is 0 Å². The average Bonchev–Trinajstić information content (AvgIpc) is 2.68. The van der Waals surface area contributed by atoms with Crippen molar-refractivity contribution in [2.24, 2.45) is 0 Å². The molecule has 0 heterocycles. The van der Waals surface area contributed by atoms with Crippen molar-refractivity contribution >= 4 is 10.8 Å². The molecule has 0 spiro atoms. The van der Waals surface area contributed by atoms with Gasteiger partial charge in [0.05, 0.1) is 0 Å². The van der Waals surface area contributed by atoms with Gasteiger partial charge in [0.2, 0.25) is 0 Å². The Bertz CT molecular complexity index is 610. The van der Waals surface area contributed by atoms with Gasteiger partial charge in [-0.15, -0.1) is 0 Å². The highest BCUT2D eigenvalue weighted by Crippen LogP contribution is 2.26. The topological polar surface area (TPSA) is 0 Å². The lowest BCUT2D eigenvalue weighted by Gasteiger charge is -2.14. The Kier molecular flexibility index (Phi) is 10.5. The van der Waals surface area contributed by atoms with Crippen LogP contribution in [0.1, 0.15) is 102 Å². The van der Waals surface area contributed by atoms with Gasteiger partial charge in [-0.25, -0.2) is 0 Å². The van der Waals surface area contributed by atoms with Crippen LogP contribution in [0, 0.1) is 0 Å². The molecule has 0 amide bonds. The summed E-state index contributed by atoms with van der Waals surface area (Å²) in [5.74, 6) is 0. The minimum atomic E-state index is 1.26. The largest absolute Gasteiger partial charge is 0.0654 e. The fourth-order valence-electron chi connectivity index (χ4n) is 4.09. The fourth-order valence-corrected chi connectivity index (χ4v) is 4.09. The molecule has 0 radical (unpaired) electrons. The van der Waals surface area contributed by atoms with Gasteiger partial charge in [-0.2, -0.15) is 0 Å². The van der Waals surface area contributed by atoms with Crippen LogP contribution in [-0.4, -0.2) is 0 Å². The maximum Gasteiger partial charge on any atom is -0.0149 e. The van der Waals surface area contributed by atoms with E-state index >= 15 is 0 Å². The maximum absolute atomic E-state index is 2.42. The van der Waals surface area contributed by atoms with E-state index in [-0.39, 0.29) is 0 Å². The quantitative estimate of drug-likeness (QED) is 0.298. The molecule has 0 atom stereocenters. The molecule has 2 aromatic carbocycles. The van der Waals surface area contributed by atoms with Crippen LogP contribution in [0.2, 0.25) is 0 Å². The molecule has 26 heavy (non-hydrogen) atoms. The minimum absolute atomic E-state index is 1.26. The van der Waals surface area contributed by atoms with Crippen LogP contribution < -0.4 is 0 Å². The normalized spacial score (nSPS) is 11.3. The predicted octanol–water partition coefficient (Wildman–Crippen LogP) is 8.65. The van der Waals surface area contributed by atoms with Crippen LogP contribution in [0.4, 0.5) is 0 Å².